The van der Waals surface area contributed by atoms with Gasteiger partial charge in [-0.05, 0) is 41.0 Å². The molecule has 4 atom stereocenters. The summed E-state index contributed by atoms with van der Waals surface area (Å²) in [6.07, 6.45) is 5.13. The summed E-state index contributed by atoms with van der Waals surface area (Å²) in [5.74, 6) is -0.301. The molecule has 0 radical (unpaired) electrons. The number of ether oxygens (including phenoxy) is 2. The largest absolute Gasteiger partial charge is 0.467 e. The number of aliphatic hydroxyl groups excluding tert-OH is 1. The first-order valence-corrected chi connectivity index (χ1v) is 16.5. The Morgan fingerprint density at radius 3 is 1.30 bits per heavy atom. The van der Waals surface area contributed by atoms with E-state index < -0.39 is 42.4 Å². The molecule has 0 spiro atoms. The van der Waals surface area contributed by atoms with Gasteiger partial charge >= 0.3 is 7.12 Å². The number of rotatable bonds is 12. The summed E-state index contributed by atoms with van der Waals surface area (Å²) >= 11 is 0. The predicted octanol–water partition coefficient (Wildman–Crippen LogP) is 7.94. The molecule has 1 heterocycles. The fraction of sp³-hybridized carbons (Fsp3) is 0.350. The first kappa shape index (κ1) is 32.4. The van der Waals surface area contributed by atoms with Crippen molar-refractivity contribution in [2.75, 3.05) is 14.2 Å². The van der Waals surface area contributed by atoms with E-state index in [1.54, 1.807) is 14.2 Å². The Morgan fingerprint density at radius 1 is 0.652 bits per heavy atom. The van der Waals surface area contributed by atoms with Crippen molar-refractivity contribution in [3.05, 3.63) is 156 Å². The molecular formula is C40H45BO5. The number of hydrogen-bond acceptors (Lipinski definition) is 5. The van der Waals surface area contributed by atoms with E-state index in [0.29, 0.717) is 0 Å². The molecule has 5 nitrogen and oxygen atoms in total. The lowest BCUT2D eigenvalue weighted by atomic mass is 9.64. The summed E-state index contributed by atoms with van der Waals surface area (Å²) in [4.78, 5) is 0. The van der Waals surface area contributed by atoms with Crippen molar-refractivity contribution < 1.29 is 23.9 Å². The maximum Gasteiger partial charge on any atom is 0.467 e. The fourth-order valence-corrected chi connectivity index (χ4v) is 7.90. The van der Waals surface area contributed by atoms with Crippen LogP contribution in [0.25, 0.3) is 0 Å². The van der Waals surface area contributed by atoms with Crippen LogP contribution in [-0.2, 0) is 30.0 Å². The van der Waals surface area contributed by atoms with Crippen LogP contribution in [0.1, 0.15) is 54.4 Å². The van der Waals surface area contributed by atoms with Crippen LogP contribution in [0.5, 0.6) is 0 Å². The summed E-state index contributed by atoms with van der Waals surface area (Å²) in [6.45, 7) is 4.19. The summed E-state index contributed by atoms with van der Waals surface area (Å²) < 4.78 is 27.8. The fourth-order valence-electron chi connectivity index (χ4n) is 7.90. The normalized spacial score (nSPS) is 20.7. The highest BCUT2D eigenvalue weighted by Crippen LogP contribution is 2.52. The Hall–Kier alpha value is -3.52. The molecule has 1 saturated carbocycles. The van der Waals surface area contributed by atoms with E-state index in [0.717, 1.165) is 47.9 Å². The van der Waals surface area contributed by atoms with E-state index in [1.807, 2.05) is 78.9 Å². The predicted molar refractivity (Wildman–Crippen MR) is 183 cm³/mol. The Balaban J connectivity index is 1.58. The molecule has 1 saturated heterocycles. The van der Waals surface area contributed by atoms with Crippen molar-refractivity contribution in [1.82, 2.24) is 0 Å². The van der Waals surface area contributed by atoms with Crippen molar-refractivity contribution in [2.45, 2.75) is 67.4 Å². The molecule has 2 fully saturated rings. The van der Waals surface area contributed by atoms with E-state index in [2.05, 4.69) is 55.1 Å². The average molecular weight is 617 g/mol. The molecule has 0 unspecified atom stereocenters. The number of aliphatic hydroxyl groups is 1. The van der Waals surface area contributed by atoms with Crippen LogP contribution in [0.15, 0.2) is 134 Å². The minimum Gasteiger partial charge on any atom is -0.401 e. The summed E-state index contributed by atoms with van der Waals surface area (Å²) in [7, 11) is 2.66. The minimum atomic E-state index is -1.10. The van der Waals surface area contributed by atoms with Gasteiger partial charge in [-0.1, -0.05) is 147 Å². The van der Waals surface area contributed by atoms with Gasteiger partial charge in [-0.3, -0.25) is 0 Å². The van der Waals surface area contributed by atoms with Crippen LogP contribution in [0, 0.1) is 5.92 Å². The van der Waals surface area contributed by atoms with Crippen molar-refractivity contribution >= 4 is 7.12 Å². The smallest absolute Gasteiger partial charge is 0.401 e. The molecule has 6 rings (SSSR count). The van der Waals surface area contributed by atoms with Gasteiger partial charge in [0.2, 0.25) is 0 Å². The summed E-state index contributed by atoms with van der Waals surface area (Å²) in [5.41, 5.74) is 1.51. The van der Waals surface area contributed by atoms with Gasteiger partial charge in [0.1, 0.15) is 23.4 Å². The quantitative estimate of drug-likeness (QED) is 0.129. The monoisotopic (exact) mass is 616 g/mol. The zero-order valence-electron chi connectivity index (χ0n) is 26.9. The van der Waals surface area contributed by atoms with E-state index in [-0.39, 0.29) is 5.92 Å². The van der Waals surface area contributed by atoms with E-state index in [1.165, 1.54) is 6.42 Å². The third kappa shape index (κ3) is 5.78. The van der Waals surface area contributed by atoms with E-state index in [4.69, 9.17) is 18.8 Å². The highest BCUT2D eigenvalue weighted by Gasteiger charge is 2.63. The third-order valence-electron chi connectivity index (χ3n) is 10.2. The molecule has 1 N–H and O–H groups in total. The molecule has 4 aromatic carbocycles. The molecule has 6 heteroatoms. The Kier molecular flexibility index (Phi) is 10.2. The topological polar surface area (TPSA) is 57.2 Å². The first-order valence-electron chi connectivity index (χ1n) is 16.5. The number of hydrogen-bond donors (Lipinski definition) is 1. The van der Waals surface area contributed by atoms with Crippen LogP contribution in [-0.4, -0.2) is 44.8 Å². The Labute approximate surface area is 274 Å². The van der Waals surface area contributed by atoms with Gasteiger partial charge < -0.3 is 23.9 Å². The van der Waals surface area contributed by atoms with Gasteiger partial charge in [0.05, 0.1) is 6.10 Å². The maximum absolute atomic E-state index is 11.9. The highest BCUT2D eigenvalue weighted by molar-refractivity contribution is 6.48. The molecule has 0 aromatic heterocycles. The lowest BCUT2D eigenvalue weighted by molar-refractivity contribution is -0.136. The Morgan fingerprint density at radius 2 is 1.00 bits per heavy atom. The SMILES string of the molecule is C=C[C@H](B1O[C@@H](C(OC)(c2ccccc2)c2ccccc2)[C@H](C(OC)(c2ccccc2)c2ccccc2)O1)[C@@H](O)C1CCCCC1. The number of benzene rings is 4. The third-order valence-corrected chi connectivity index (χ3v) is 10.2. The zero-order valence-corrected chi connectivity index (χ0v) is 26.9. The zero-order chi connectivity index (χ0) is 32.0. The van der Waals surface area contributed by atoms with E-state index >= 15 is 0 Å². The minimum absolute atomic E-state index is 0.160. The molecule has 0 bridgehead atoms. The van der Waals surface area contributed by atoms with Crippen molar-refractivity contribution in [3.63, 3.8) is 0 Å². The van der Waals surface area contributed by atoms with Crippen LogP contribution in [0.2, 0.25) is 5.82 Å². The molecule has 2 aliphatic rings. The van der Waals surface area contributed by atoms with Crippen LogP contribution >= 0.6 is 0 Å². The van der Waals surface area contributed by atoms with Gasteiger partial charge in [0.25, 0.3) is 0 Å². The second kappa shape index (κ2) is 14.5. The second-order valence-electron chi connectivity index (χ2n) is 12.5. The average Bonchev–Trinajstić information content (AvgIpc) is 3.57. The molecule has 46 heavy (non-hydrogen) atoms. The second-order valence-corrected chi connectivity index (χ2v) is 12.5. The molecular weight excluding hydrogens is 571 g/mol. The lowest BCUT2D eigenvalue weighted by Gasteiger charge is -2.47. The molecule has 1 aliphatic carbocycles. The van der Waals surface area contributed by atoms with Gasteiger partial charge in [-0.15, -0.1) is 6.58 Å². The standard InChI is InChI=1S/C40H45BO5/c1-4-35(36(42)30-20-10-5-11-21-30)41-45-37(39(43-2,31-22-12-6-13-23-31)32-24-14-7-15-25-32)38(46-41)40(44-3,33-26-16-8-17-27-33)34-28-18-9-19-29-34/h4,6-9,12-19,22-30,35-38,42H,1,5,10-11,20-21H2,2-3H3/t35-,36-,37+,38+/m0/s1. The highest BCUT2D eigenvalue weighted by atomic mass is 16.7. The molecule has 4 aromatic rings. The van der Waals surface area contributed by atoms with Crippen molar-refractivity contribution in [1.29, 1.82) is 0 Å². The number of methoxy groups -OCH3 is 2. The Bertz CT molecular complexity index is 1330. The van der Waals surface area contributed by atoms with Crippen LogP contribution in [0.4, 0.5) is 0 Å². The summed E-state index contributed by atoms with van der Waals surface area (Å²) in [5, 5.41) is 11.9. The first-order chi connectivity index (χ1) is 22.6. The van der Waals surface area contributed by atoms with Crippen molar-refractivity contribution in [3.8, 4) is 0 Å². The van der Waals surface area contributed by atoms with Gasteiger partial charge in [-0.25, -0.2) is 0 Å². The van der Waals surface area contributed by atoms with Gasteiger partial charge in [-0.2, -0.15) is 0 Å². The van der Waals surface area contributed by atoms with Gasteiger partial charge in [0, 0.05) is 20.0 Å². The molecule has 0 amide bonds. The molecule has 238 valence electrons. The van der Waals surface area contributed by atoms with Gasteiger partial charge in [0.15, 0.2) is 0 Å². The lowest BCUT2D eigenvalue weighted by Crippen LogP contribution is -2.56. The van der Waals surface area contributed by atoms with E-state index in [9.17, 15) is 5.11 Å². The summed E-state index contributed by atoms with van der Waals surface area (Å²) in [6, 6.07) is 40.8. The van der Waals surface area contributed by atoms with Crippen LogP contribution < -0.4 is 0 Å². The van der Waals surface area contributed by atoms with Crippen molar-refractivity contribution in [2.24, 2.45) is 5.92 Å². The van der Waals surface area contributed by atoms with Crippen LogP contribution in [0.3, 0.4) is 0 Å². The maximum atomic E-state index is 11.9. The molecule has 1 aliphatic heterocycles.